The van der Waals surface area contributed by atoms with Crippen LogP contribution >= 0.6 is 0 Å². The first-order valence-corrected chi connectivity index (χ1v) is 11.5. The van der Waals surface area contributed by atoms with Crippen LogP contribution in [-0.2, 0) is 29.2 Å². The Morgan fingerprint density at radius 3 is 1.76 bits per heavy atom. The molecule has 0 bridgehead atoms. The summed E-state index contributed by atoms with van der Waals surface area (Å²) < 4.78 is 5.39. The number of carbonyl (C=O) groups is 1. The van der Waals surface area contributed by atoms with E-state index in [-0.39, 0.29) is 18.6 Å². The number of hydrogen-bond acceptors (Lipinski definition) is 5. The highest BCUT2D eigenvalue weighted by molar-refractivity contribution is 5.75. The van der Waals surface area contributed by atoms with Crippen molar-refractivity contribution in [3.8, 4) is 0 Å². The average molecular weight is 447 g/mol. The van der Waals surface area contributed by atoms with Crippen LogP contribution in [0.15, 0.2) is 91.0 Å². The Morgan fingerprint density at radius 1 is 0.818 bits per heavy atom. The maximum atomic E-state index is 12.3. The van der Waals surface area contributed by atoms with Crippen molar-refractivity contribution >= 4 is 5.97 Å². The van der Waals surface area contributed by atoms with Crippen LogP contribution in [0.3, 0.4) is 0 Å². The Hall–Kier alpha value is -2.99. The van der Waals surface area contributed by atoms with Gasteiger partial charge in [-0.3, -0.25) is 9.69 Å². The van der Waals surface area contributed by atoms with Crippen LogP contribution in [0, 0.1) is 0 Å². The summed E-state index contributed by atoms with van der Waals surface area (Å²) in [6.45, 7) is 5.77. The van der Waals surface area contributed by atoms with Gasteiger partial charge in [0.1, 0.15) is 12.6 Å². The van der Waals surface area contributed by atoms with E-state index in [0.29, 0.717) is 6.54 Å². The van der Waals surface area contributed by atoms with Crippen LogP contribution < -0.4 is 5.32 Å². The first-order chi connectivity index (χ1) is 16.0. The zero-order chi connectivity index (χ0) is 23.5. The Balaban J connectivity index is 1.54. The highest BCUT2D eigenvalue weighted by Gasteiger charge is 2.24. The van der Waals surface area contributed by atoms with E-state index in [1.54, 1.807) is 6.92 Å². The molecule has 0 spiro atoms. The number of aliphatic hydroxyl groups is 1. The molecule has 0 aromatic heterocycles. The van der Waals surface area contributed by atoms with Crippen molar-refractivity contribution in [2.45, 2.75) is 51.7 Å². The number of carbonyl (C=O) groups excluding carboxylic acids is 1. The second-order valence-corrected chi connectivity index (χ2v) is 8.41. The highest BCUT2D eigenvalue weighted by Crippen LogP contribution is 2.15. The van der Waals surface area contributed by atoms with E-state index >= 15 is 0 Å². The molecule has 5 nitrogen and oxygen atoms in total. The lowest BCUT2D eigenvalue weighted by molar-refractivity contribution is -0.147. The number of ether oxygens (including phenoxy) is 1. The van der Waals surface area contributed by atoms with Gasteiger partial charge in [0.05, 0.1) is 6.10 Å². The van der Waals surface area contributed by atoms with E-state index in [2.05, 4.69) is 34.5 Å². The molecule has 3 rings (SSSR count). The summed E-state index contributed by atoms with van der Waals surface area (Å²) >= 11 is 0. The largest absolute Gasteiger partial charge is 0.460 e. The maximum absolute atomic E-state index is 12.3. The molecule has 33 heavy (non-hydrogen) atoms. The minimum absolute atomic E-state index is 0.120. The number of aliphatic hydroxyl groups excluding tert-OH is 1. The van der Waals surface area contributed by atoms with Crippen molar-refractivity contribution in [1.29, 1.82) is 0 Å². The van der Waals surface area contributed by atoms with Gasteiger partial charge < -0.3 is 15.2 Å². The summed E-state index contributed by atoms with van der Waals surface area (Å²) in [7, 11) is 0. The molecule has 0 saturated heterocycles. The highest BCUT2D eigenvalue weighted by atomic mass is 16.5. The summed E-state index contributed by atoms with van der Waals surface area (Å²) in [6.07, 6.45) is -0.651. The molecule has 0 radical (unpaired) electrons. The van der Waals surface area contributed by atoms with Gasteiger partial charge in [0.25, 0.3) is 0 Å². The lowest BCUT2D eigenvalue weighted by Gasteiger charge is -2.33. The Kier molecular flexibility index (Phi) is 9.63. The molecule has 0 saturated carbocycles. The van der Waals surface area contributed by atoms with Gasteiger partial charge in [0.2, 0.25) is 0 Å². The quantitative estimate of drug-likeness (QED) is 0.409. The molecule has 0 aliphatic rings. The van der Waals surface area contributed by atoms with Crippen LogP contribution in [0.1, 0.15) is 30.5 Å². The maximum Gasteiger partial charge on any atom is 0.323 e. The van der Waals surface area contributed by atoms with Gasteiger partial charge in [-0.2, -0.15) is 0 Å². The van der Waals surface area contributed by atoms with Crippen molar-refractivity contribution < 1.29 is 14.6 Å². The van der Waals surface area contributed by atoms with E-state index in [9.17, 15) is 9.90 Å². The molecule has 2 N–H and O–H groups in total. The van der Waals surface area contributed by atoms with Crippen LogP contribution in [0.25, 0.3) is 0 Å². The van der Waals surface area contributed by atoms with Gasteiger partial charge in [0.15, 0.2) is 0 Å². The topological polar surface area (TPSA) is 61.8 Å². The molecule has 174 valence electrons. The van der Waals surface area contributed by atoms with E-state index in [0.717, 1.165) is 18.7 Å². The van der Waals surface area contributed by atoms with Gasteiger partial charge in [-0.15, -0.1) is 0 Å². The normalized spacial score (nSPS) is 13.9. The molecule has 0 aliphatic carbocycles. The molecule has 0 amide bonds. The van der Waals surface area contributed by atoms with Crippen LogP contribution in [0.2, 0.25) is 0 Å². The first-order valence-electron chi connectivity index (χ1n) is 11.5. The molecule has 3 atom stereocenters. The molecule has 5 heteroatoms. The van der Waals surface area contributed by atoms with Crippen molar-refractivity contribution in [3.05, 3.63) is 108 Å². The van der Waals surface area contributed by atoms with Crippen LogP contribution in [0.4, 0.5) is 0 Å². The Morgan fingerprint density at radius 2 is 1.27 bits per heavy atom. The molecule has 2 unspecified atom stereocenters. The van der Waals surface area contributed by atoms with Gasteiger partial charge in [-0.25, -0.2) is 0 Å². The summed E-state index contributed by atoms with van der Waals surface area (Å²) in [5, 5.41) is 14.1. The summed E-state index contributed by atoms with van der Waals surface area (Å²) in [5.74, 6) is -0.330. The monoisotopic (exact) mass is 446 g/mol. The smallest absolute Gasteiger partial charge is 0.323 e. The van der Waals surface area contributed by atoms with Crippen molar-refractivity contribution in [2.24, 2.45) is 0 Å². The lowest BCUT2D eigenvalue weighted by Crippen LogP contribution is -2.48. The fraction of sp³-hybridized carbons (Fsp3) is 0.321. The summed E-state index contributed by atoms with van der Waals surface area (Å²) in [5.41, 5.74) is 3.33. The standard InChI is InChI=1S/C28H34N2O3/c1-22(28(32)33-21-26-16-10-5-11-17-26)29-18-27(31)23(2)30(19-24-12-6-3-7-13-24)20-25-14-8-4-9-15-25/h3-17,22-23,27,29,31H,18-21H2,1-2H3/t22-,23?,27?/m0/s1. The number of rotatable bonds is 12. The predicted octanol–water partition coefficient (Wildman–Crippen LogP) is 4.16. The van der Waals surface area contributed by atoms with Crippen LogP contribution in [0.5, 0.6) is 0 Å². The van der Waals surface area contributed by atoms with Gasteiger partial charge in [0, 0.05) is 25.7 Å². The van der Waals surface area contributed by atoms with Crippen molar-refractivity contribution in [3.63, 3.8) is 0 Å². The number of nitrogens with one attached hydrogen (secondary N) is 1. The second kappa shape index (κ2) is 12.9. The molecule has 0 fully saturated rings. The molecule has 3 aromatic carbocycles. The van der Waals surface area contributed by atoms with Crippen molar-refractivity contribution in [2.75, 3.05) is 6.54 Å². The third-order valence-electron chi connectivity index (χ3n) is 5.80. The predicted molar refractivity (Wildman–Crippen MR) is 131 cm³/mol. The molecular weight excluding hydrogens is 412 g/mol. The number of nitrogens with zero attached hydrogens (tertiary/aromatic N) is 1. The minimum atomic E-state index is -0.651. The third kappa shape index (κ3) is 8.13. The first kappa shape index (κ1) is 24.6. The average Bonchev–Trinajstić information content (AvgIpc) is 2.86. The lowest BCUT2D eigenvalue weighted by atomic mass is 10.1. The molecule has 0 aliphatic heterocycles. The zero-order valence-electron chi connectivity index (χ0n) is 19.4. The SMILES string of the molecule is CC(C(O)CN[C@@H](C)C(=O)OCc1ccccc1)N(Cc1ccccc1)Cc1ccccc1. The van der Waals surface area contributed by atoms with Crippen molar-refractivity contribution in [1.82, 2.24) is 10.2 Å². The van der Waals surface area contributed by atoms with Gasteiger partial charge >= 0.3 is 5.97 Å². The fourth-order valence-corrected chi connectivity index (χ4v) is 3.63. The minimum Gasteiger partial charge on any atom is -0.460 e. The summed E-state index contributed by atoms with van der Waals surface area (Å²) in [4.78, 5) is 14.6. The van der Waals surface area contributed by atoms with E-state index in [1.807, 2.05) is 73.7 Å². The van der Waals surface area contributed by atoms with Gasteiger partial charge in [-0.1, -0.05) is 91.0 Å². The molecule has 0 heterocycles. The number of benzene rings is 3. The van der Waals surface area contributed by atoms with Crippen LogP contribution in [-0.4, -0.2) is 40.7 Å². The molecule has 3 aromatic rings. The fourth-order valence-electron chi connectivity index (χ4n) is 3.63. The molecular formula is C28H34N2O3. The number of hydrogen-bond donors (Lipinski definition) is 2. The van der Waals surface area contributed by atoms with E-state index in [4.69, 9.17) is 4.74 Å². The van der Waals surface area contributed by atoms with Gasteiger partial charge in [-0.05, 0) is 30.5 Å². The third-order valence-corrected chi connectivity index (χ3v) is 5.80. The second-order valence-electron chi connectivity index (χ2n) is 8.41. The Bertz CT molecular complexity index is 909. The zero-order valence-corrected chi connectivity index (χ0v) is 19.4. The van der Waals surface area contributed by atoms with E-state index < -0.39 is 12.1 Å². The number of esters is 1. The van der Waals surface area contributed by atoms with E-state index in [1.165, 1.54) is 11.1 Å². The summed E-state index contributed by atoms with van der Waals surface area (Å²) in [6, 6.07) is 29.5. The Labute approximate surface area is 197 Å².